The monoisotopic (exact) mass is 185 g/mol. The Labute approximate surface area is 60.4 Å². The summed E-state index contributed by atoms with van der Waals surface area (Å²) in [6, 6.07) is 0. The summed E-state index contributed by atoms with van der Waals surface area (Å²) in [5.74, 6) is 0. The molecule has 0 unspecified atom stereocenters. The zero-order chi connectivity index (χ0) is 7.33. The summed E-state index contributed by atoms with van der Waals surface area (Å²) in [6.45, 7) is 13.5. The quantitative estimate of drug-likeness (QED) is 0.590. The molecule has 0 nitrogen and oxygen atoms in total. The van der Waals surface area contributed by atoms with Crippen molar-refractivity contribution in [3.05, 3.63) is 34.3 Å². The predicted octanol–water partition coefficient (Wildman–Crippen LogP) is 2.63. The summed E-state index contributed by atoms with van der Waals surface area (Å²) in [7, 11) is 0. The van der Waals surface area contributed by atoms with Gasteiger partial charge >= 0.3 is 60.0 Å². The van der Waals surface area contributed by atoms with Gasteiger partial charge in [0.25, 0.3) is 0 Å². The van der Waals surface area contributed by atoms with Crippen LogP contribution in [0.2, 0.25) is 5.21 Å². The normalized spacial score (nSPS) is 10.3. The molecule has 0 atom stereocenters. The van der Waals surface area contributed by atoms with Crippen LogP contribution in [0.3, 0.4) is 0 Å². The Morgan fingerprint density at radius 1 is 1.11 bits per heavy atom. The Kier molecular flexibility index (Phi) is 3.65. The maximum absolute atomic E-state index is 3.78. The minimum absolute atomic E-state index is 1.16. The van der Waals surface area contributed by atoms with E-state index in [2.05, 4.69) is 26.7 Å². The van der Waals surface area contributed by atoms with E-state index in [9.17, 15) is 0 Å². The molecule has 0 rings (SSSR count). The first-order chi connectivity index (χ1) is 4.24. The van der Waals surface area contributed by atoms with Gasteiger partial charge in [0.05, 0.1) is 0 Å². The van der Waals surface area contributed by atoms with Crippen LogP contribution in [0.5, 0.6) is 0 Å². The van der Waals surface area contributed by atoms with E-state index in [1.54, 1.807) is 0 Å². The van der Waals surface area contributed by atoms with Crippen LogP contribution in [-0.4, -0.2) is 13.6 Å². The Balaban J connectivity index is 4.34. The van der Waals surface area contributed by atoms with E-state index >= 15 is 0 Å². The molecular formula is C8H14As+. The van der Waals surface area contributed by atoms with Gasteiger partial charge in [0.15, 0.2) is 0 Å². The van der Waals surface area contributed by atoms with Crippen molar-refractivity contribution in [1.82, 2.24) is 0 Å². The summed E-state index contributed by atoms with van der Waals surface area (Å²) in [4.78, 5) is 6.12. The number of rotatable bonds is 4. The van der Waals surface area contributed by atoms with Gasteiger partial charge in [-0.1, -0.05) is 0 Å². The van der Waals surface area contributed by atoms with Crippen LogP contribution in [0.15, 0.2) is 34.3 Å². The third-order valence-electron chi connectivity index (χ3n) is 1.57. The third kappa shape index (κ3) is 1.87. The second kappa shape index (κ2) is 3.74. The molecule has 1 heteroatoms. The van der Waals surface area contributed by atoms with Crippen molar-refractivity contribution in [3.8, 4) is 0 Å². The van der Waals surface area contributed by atoms with Crippen molar-refractivity contribution in [2.75, 3.05) is 0 Å². The fraction of sp³-hybridized carbons (Fsp3) is 0.250. The zero-order valence-corrected chi connectivity index (χ0v) is 7.88. The van der Waals surface area contributed by atoms with Crippen LogP contribution in [-0.2, 0) is 0 Å². The summed E-state index contributed by atoms with van der Waals surface area (Å²) >= 11 is -1.72. The molecule has 0 radical (unpaired) electrons. The van der Waals surface area contributed by atoms with Gasteiger partial charge in [-0.05, 0) is 0 Å². The first kappa shape index (κ1) is 8.78. The van der Waals surface area contributed by atoms with Crippen LogP contribution in [0, 0.1) is 0 Å². The van der Waals surface area contributed by atoms with Crippen molar-refractivity contribution in [2.24, 2.45) is 0 Å². The molecule has 0 saturated carbocycles. The van der Waals surface area contributed by atoms with Gasteiger partial charge in [0.1, 0.15) is 0 Å². The first-order valence-corrected chi connectivity index (χ1v) is 7.60. The fourth-order valence-corrected chi connectivity index (χ4v) is 3.17. The SMILES string of the molecule is C=C[As+](C=C)(C=C)CC. The van der Waals surface area contributed by atoms with E-state index in [4.69, 9.17) is 0 Å². The van der Waals surface area contributed by atoms with Gasteiger partial charge in [-0.15, -0.1) is 0 Å². The summed E-state index contributed by atoms with van der Waals surface area (Å²) in [5.41, 5.74) is 0. The predicted molar refractivity (Wildman–Crippen MR) is 46.8 cm³/mol. The van der Waals surface area contributed by atoms with E-state index < -0.39 is 13.6 Å². The van der Waals surface area contributed by atoms with Crippen LogP contribution in [0.1, 0.15) is 6.92 Å². The topological polar surface area (TPSA) is 0 Å². The van der Waals surface area contributed by atoms with E-state index in [0.717, 1.165) is 5.21 Å². The van der Waals surface area contributed by atoms with Gasteiger partial charge < -0.3 is 0 Å². The van der Waals surface area contributed by atoms with E-state index in [1.165, 1.54) is 0 Å². The third-order valence-corrected chi connectivity index (χ3v) is 8.14. The standard InChI is InChI=1S/C8H14As/c1-5-9(6-2,7-3)8-4/h5-7H,1-3,8H2,4H3/q+1. The molecule has 0 aromatic heterocycles. The number of hydrogen-bond donors (Lipinski definition) is 0. The van der Waals surface area contributed by atoms with Crippen LogP contribution >= 0.6 is 0 Å². The fourth-order valence-electron chi connectivity index (χ4n) is 0.611. The van der Waals surface area contributed by atoms with E-state index in [-0.39, 0.29) is 0 Å². The van der Waals surface area contributed by atoms with Crippen molar-refractivity contribution in [3.63, 3.8) is 0 Å². The Morgan fingerprint density at radius 2 is 1.44 bits per heavy atom. The molecule has 0 aromatic carbocycles. The average molecular weight is 185 g/mol. The van der Waals surface area contributed by atoms with Gasteiger partial charge in [0.2, 0.25) is 0 Å². The minimum atomic E-state index is -1.72. The summed E-state index contributed by atoms with van der Waals surface area (Å²) in [6.07, 6.45) is 0. The second-order valence-electron chi connectivity index (χ2n) is 1.86. The Bertz CT molecular complexity index is 103. The Hall–Kier alpha value is -0.222. The summed E-state index contributed by atoms with van der Waals surface area (Å²) in [5, 5.41) is 1.16. The molecule has 0 aromatic rings. The van der Waals surface area contributed by atoms with Gasteiger partial charge in [-0.25, -0.2) is 0 Å². The van der Waals surface area contributed by atoms with Crippen molar-refractivity contribution in [1.29, 1.82) is 0 Å². The molecule has 0 aliphatic carbocycles. The molecule has 0 heterocycles. The van der Waals surface area contributed by atoms with E-state index in [1.807, 2.05) is 14.6 Å². The molecular weight excluding hydrogens is 171 g/mol. The molecule has 0 bridgehead atoms. The number of hydrogen-bond acceptors (Lipinski definition) is 0. The van der Waals surface area contributed by atoms with E-state index in [0.29, 0.717) is 0 Å². The molecule has 0 N–H and O–H groups in total. The van der Waals surface area contributed by atoms with Crippen molar-refractivity contribution >= 4 is 13.6 Å². The van der Waals surface area contributed by atoms with Crippen LogP contribution in [0.4, 0.5) is 0 Å². The van der Waals surface area contributed by atoms with Crippen molar-refractivity contribution < 1.29 is 0 Å². The van der Waals surface area contributed by atoms with Crippen LogP contribution < -0.4 is 0 Å². The molecule has 0 saturated heterocycles. The molecule has 0 fully saturated rings. The average Bonchev–Trinajstić information content (AvgIpc) is 1.95. The Morgan fingerprint density at radius 3 is 1.44 bits per heavy atom. The molecule has 0 amide bonds. The molecule has 0 aliphatic rings. The van der Waals surface area contributed by atoms with Crippen molar-refractivity contribution in [2.45, 2.75) is 12.1 Å². The molecule has 0 spiro atoms. The first-order valence-electron chi connectivity index (χ1n) is 3.02. The second-order valence-corrected chi connectivity index (χ2v) is 9.66. The van der Waals surface area contributed by atoms with Gasteiger partial charge in [-0.2, -0.15) is 0 Å². The molecule has 50 valence electrons. The zero-order valence-electron chi connectivity index (χ0n) is 6.01. The summed E-state index contributed by atoms with van der Waals surface area (Å²) < 4.78 is 0. The van der Waals surface area contributed by atoms with Gasteiger partial charge in [-0.3, -0.25) is 0 Å². The maximum atomic E-state index is 3.78. The molecule has 9 heavy (non-hydrogen) atoms. The van der Waals surface area contributed by atoms with Crippen LogP contribution in [0.25, 0.3) is 0 Å². The van der Waals surface area contributed by atoms with Gasteiger partial charge in [0, 0.05) is 0 Å². The molecule has 0 aliphatic heterocycles.